The molecule has 1 spiro atoms. The van der Waals surface area contributed by atoms with Crippen LogP contribution in [0.2, 0.25) is 0 Å². The van der Waals surface area contributed by atoms with Crippen LogP contribution < -0.4 is 5.32 Å². The molecular weight excluding hydrogens is 170 g/mol. The Morgan fingerprint density at radius 1 is 1.14 bits per heavy atom. The van der Waals surface area contributed by atoms with E-state index >= 15 is 0 Å². The fourth-order valence-corrected chi connectivity index (χ4v) is 3.73. The molecule has 1 N–H and O–H groups in total. The molecule has 1 nitrogen and oxygen atoms in total. The summed E-state index contributed by atoms with van der Waals surface area (Å²) in [6.45, 7) is 3.68. The first kappa shape index (κ1) is 10.5. The maximum absolute atomic E-state index is 3.33. The van der Waals surface area contributed by atoms with E-state index in [0.29, 0.717) is 0 Å². The van der Waals surface area contributed by atoms with Crippen LogP contribution in [0.15, 0.2) is 0 Å². The fourth-order valence-electron chi connectivity index (χ4n) is 3.73. The van der Waals surface area contributed by atoms with Crippen molar-refractivity contribution >= 4 is 0 Å². The minimum atomic E-state index is 0.795. The van der Waals surface area contributed by atoms with Crippen LogP contribution in [0.25, 0.3) is 0 Å². The summed E-state index contributed by atoms with van der Waals surface area (Å²) in [5.74, 6) is 1.98. The molecule has 0 radical (unpaired) electrons. The number of rotatable bonds is 2. The highest BCUT2D eigenvalue weighted by atomic mass is 14.8. The Kier molecular flexibility index (Phi) is 3.16. The van der Waals surface area contributed by atoms with Crippen molar-refractivity contribution in [3.8, 4) is 0 Å². The number of hydrogen-bond donors (Lipinski definition) is 1. The molecule has 0 aromatic heterocycles. The lowest BCUT2D eigenvalue weighted by Gasteiger charge is -2.37. The first-order valence-corrected chi connectivity index (χ1v) is 6.39. The van der Waals surface area contributed by atoms with E-state index in [9.17, 15) is 0 Å². The molecule has 0 unspecified atom stereocenters. The highest BCUT2D eigenvalue weighted by Gasteiger charge is 2.39. The smallest absolute Gasteiger partial charge is 0.00235 e. The second-order valence-electron chi connectivity index (χ2n) is 5.85. The third-order valence-corrected chi connectivity index (χ3v) is 4.61. The summed E-state index contributed by atoms with van der Waals surface area (Å²) >= 11 is 0. The molecule has 14 heavy (non-hydrogen) atoms. The van der Waals surface area contributed by atoms with Crippen LogP contribution in [0.3, 0.4) is 0 Å². The third-order valence-electron chi connectivity index (χ3n) is 4.61. The summed E-state index contributed by atoms with van der Waals surface area (Å²) in [6, 6.07) is 0. The van der Waals surface area contributed by atoms with Gasteiger partial charge in [0.15, 0.2) is 0 Å². The van der Waals surface area contributed by atoms with E-state index < -0.39 is 0 Å². The van der Waals surface area contributed by atoms with Gasteiger partial charge in [-0.05, 0) is 69.4 Å². The zero-order valence-electron chi connectivity index (χ0n) is 9.81. The lowest BCUT2D eigenvalue weighted by atomic mass is 9.69. The minimum absolute atomic E-state index is 0.795. The molecule has 2 aliphatic rings. The van der Waals surface area contributed by atoms with Crippen LogP contribution in [0.4, 0.5) is 0 Å². The first-order chi connectivity index (χ1) is 6.74. The summed E-state index contributed by atoms with van der Waals surface area (Å²) < 4.78 is 0. The monoisotopic (exact) mass is 195 g/mol. The predicted octanol–water partition coefficient (Wildman–Crippen LogP) is 3.20. The lowest BCUT2D eigenvalue weighted by Crippen LogP contribution is -2.29. The summed E-state index contributed by atoms with van der Waals surface area (Å²) in [5.41, 5.74) is 0.795. The predicted molar refractivity (Wildman–Crippen MR) is 61.3 cm³/mol. The fraction of sp³-hybridized carbons (Fsp3) is 1.00. The zero-order chi connectivity index (χ0) is 10.0. The molecule has 82 valence electrons. The number of hydrogen-bond acceptors (Lipinski definition) is 1. The van der Waals surface area contributed by atoms with E-state index in [2.05, 4.69) is 19.3 Å². The van der Waals surface area contributed by atoms with Gasteiger partial charge in [-0.3, -0.25) is 0 Å². The van der Waals surface area contributed by atoms with Crippen molar-refractivity contribution in [2.24, 2.45) is 17.3 Å². The molecule has 0 amide bonds. The Labute approximate surface area is 88.7 Å². The van der Waals surface area contributed by atoms with Crippen molar-refractivity contribution < 1.29 is 0 Å². The molecule has 2 aliphatic carbocycles. The van der Waals surface area contributed by atoms with Crippen LogP contribution in [-0.2, 0) is 0 Å². The normalized spacial score (nSPS) is 43.3. The quantitative estimate of drug-likeness (QED) is 0.713. The second kappa shape index (κ2) is 4.22. The van der Waals surface area contributed by atoms with E-state index in [1.54, 1.807) is 0 Å². The Hall–Kier alpha value is -0.0400. The highest BCUT2D eigenvalue weighted by molar-refractivity contribution is 4.91. The van der Waals surface area contributed by atoms with Crippen molar-refractivity contribution in [3.05, 3.63) is 0 Å². The molecule has 0 saturated heterocycles. The molecule has 2 rings (SSSR count). The third kappa shape index (κ3) is 2.13. The summed E-state index contributed by atoms with van der Waals surface area (Å²) in [6.07, 6.45) is 10.5. The van der Waals surface area contributed by atoms with Crippen LogP contribution in [0, 0.1) is 17.3 Å². The van der Waals surface area contributed by atoms with Gasteiger partial charge in [-0.25, -0.2) is 0 Å². The zero-order valence-corrected chi connectivity index (χ0v) is 9.81. The number of nitrogens with one attached hydrogen (secondary N) is 1. The van der Waals surface area contributed by atoms with Crippen LogP contribution in [0.5, 0.6) is 0 Å². The molecule has 0 aliphatic heterocycles. The standard InChI is InChI=1S/C13H25N/c1-11-3-6-13(9-11)7-4-12(5-8-13)10-14-2/h11-12,14H,3-10H2,1-2H3/t11-,12?,13?/m1/s1. The lowest BCUT2D eigenvalue weighted by molar-refractivity contribution is 0.150. The van der Waals surface area contributed by atoms with Crippen LogP contribution in [-0.4, -0.2) is 13.6 Å². The van der Waals surface area contributed by atoms with E-state index in [1.165, 1.54) is 51.5 Å². The topological polar surface area (TPSA) is 12.0 Å². The largest absolute Gasteiger partial charge is 0.319 e. The van der Waals surface area contributed by atoms with Gasteiger partial charge in [0, 0.05) is 0 Å². The van der Waals surface area contributed by atoms with Crippen molar-refractivity contribution in [2.45, 2.75) is 51.9 Å². The van der Waals surface area contributed by atoms with E-state index in [-0.39, 0.29) is 0 Å². The maximum atomic E-state index is 3.33. The van der Waals surface area contributed by atoms with Gasteiger partial charge in [-0.1, -0.05) is 13.3 Å². The van der Waals surface area contributed by atoms with Gasteiger partial charge in [0.2, 0.25) is 0 Å². The van der Waals surface area contributed by atoms with Gasteiger partial charge < -0.3 is 5.32 Å². The highest BCUT2D eigenvalue weighted by Crippen LogP contribution is 2.52. The molecule has 0 bridgehead atoms. The summed E-state index contributed by atoms with van der Waals surface area (Å²) in [7, 11) is 2.09. The Morgan fingerprint density at radius 3 is 2.29 bits per heavy atom. The molecule has 0 aromatic carbocycles. The van der Waals surface area contributed by atoms with Gasteiger partial charge in [-0.2, -0.15) is 0 Å². The SMILES string of the molecule is CNCC1CCC2(CC1)CC[C@@H](C)C2. The Bertz CT molecular complexity index is 180. The molecule has 1 atom stereocenters. The van der Waals surface area contributed by atoms with Gasteiger partial charge in [0.1, 0.15) is 0 Å². The Morgan fingerprint density at radius 2 is 1.79 bits per heavy atom. The van der Waals surface area contributed by atoms with E-state index in [4.69, 9.17) is 0 Å². The summed E-state index contributed by atoms with van der Waals surface area (Å²) in [4.78, 5) is 0. The van der Waals surface area contributed by atoms with E-state index in [0.717, 1.165) is 17.3 Å². The maximum Gasteiger partial charge on any atom is -0.00235 e. The van der Waals surface area contributed by atoms with Gasteiger partial charge >= 0.3 is 0 Å². The molecular formula is C13H25N. The Balaban J connectivity index is 1.83. The van der Waals surface area contributed by atoms with Crippen molar-refractivity contribution in [2.75, 3.05) is 13.6 Å². The van der Waals surface area contributed by atoms with Crippen molar-refractivity contribution in [1.29, 1.82) is 0 Å². The van der Waals surface area contributed by atoms with Crippen LogP contribution >= 0.6 is 0 Å². The minimum Gasteiger partial charge on any atom is -0.319 e. The van der Waals surface area contributed by atoms with Gasteiger partial charge in [0.05, 0.1) is 0 Å². The average Bonchev–Trinajstić information content (AvgIpc) is 2.53. The molecule has 1 heteroatoms. The van der Waals surface area contributed by atoms with Crippen LogP contribution in [0.1, 0.15) is 51.9 Å². The molecule has 2 fully saturated rings. The first-order valence-electron chi connectivity index (χ1n) is 6.39. The van der Waals surface area contributed by atoms with Gasteiger partial charge in [-0.15, -0.1) is 0 Å². The van der Waals surface area contributed by atoms with Crippen molar-refractivity contribution in [1.82, 2.24) is 5.32 Å². The molecule has 0 heterocycles. The van der Waals surface area contributed by atoms with E-state index in [1.807, 2.05) is 0 Å². The second-order valence-corrected chi connectivity index (χ2v) is 5.85. The van der Waals surface area contributed by atoms with Gasteiger partial charge in [0.25, 0.3) is 0 Å². The van der Waals surface area contributed by atoms with Crippen molar-refractivity contribution in [3.63, 3.8) is 0 Å². The molecule has 0 aromatic rings. The average molecular weight is 195 g/mol. The summed E-state index contributed by atoms with van der Waals surface area (Å²) in [5, 5.41) is 3.33. The molecule has 2 saturated carbocycles.